The quantitative estimate of drug-likeness (QED) is 0.497. The molecule has 0 atom stereocenters. The molecule has 1 aromatic heterocycles. The number of benzene rings is 1. The van der Waals surface area contributed by atoms with Crippen LogP contribution in [0.2, 0.25) is 0 Å². The van der Waals surface area contributed by atoms with Gasteiger partial charge in [0.2, 0.25) is 0 Å². The van der Waals surface area contributed by atoms with E-state index in [1.165, 1.54) is 0 Å². The van der Waals surface area contributed by atoms with E-state index in [4.69, 9.17) is 4.42 Å². The molecule has 0 radical (unpaired) electrons. The fraction of sp³-hybridized carbons (Fsp3) is 0.111. The van der Waals surface area contributed by atoms with Gasteiger partial charge in [0, 0.05) is 5.39 Å². The van der Waals surface area contributed by atoms with Gasteiger partial charge in [-0.15, -0.1) is 0 Å². The zero-order valence-corrected chi connectivity index (χ0v) is 6.98. The second-order valence-corrected chi connectivity index (χ2v) is 2.79. The lowest BCUT2D eigenvalue weighted by Crippen LogP contribution is -1.86. The van der Waals surface area contributed by atoms with Crippen molar-refractivity contribution in [1.29, 1.82) is 0 Å². The monoisotopic (exact) mass is 177 g/mol. The highest BCUT2D eigenvalue weighted by molar-refractivity contribution is 5.83. The van der Waals surface area contributed by atoms with Crippen molar-refractivity contribution in [3.63, 3.8) is 0 Å². The van der Waals surface area contributed by atoms with Crippen molar-refractivity contribution in [2.75, 3.05) is 0 Å². The van der Waals surface area contributed by atoms with E-state index in [0.29, 0.717) is 11.1 Å². The first-order valence-corrected chi connectivity index (χ1v) is 3.82. The minimum atomic E-state index is -0.505. The third-order valence-electron chi connectivity index (χ3n) is 1.98. The molecule has 2 aromatic rings. The minimum absolute atomic E-state index is 0.166. The van der Waals surface area contributed by atoms with E-state index in [9.17, 15) is 10.1 Å². The van der Waals surface area contributed by atoms with Crippen LogP contribution >= 0.6 is 0 Å². The van der Waals surface area contributed by atoms with E-state index in [2.05, 4.69) is 0 Å². The maximum atomic E-state index is 10.5. The standard InChI is InChI=1S/C9H7NO3/c1-6-7-4-2-3-5-8(7)13-9(6)10(11)12/h2-5H,1H3. The molecule has 4 heteroatoms. The van der Waals surface area contributed by atoms with Gasteiger partial charge in [-0.1, -0.05) is 18.2 Å². The normalized spacial score (nSPS) is 10.5. The molecule has 0 saturated heterocycles. The van der Waals surface area contributed by atoms with Crippen LogP contribution in [0, 0.1) is 17.0 Å². The smallest absolute Gasteiger partial charge is 0.400 e. The van der Waals surface area contributed by atoms with Gasteiger partial charge in [0.1, 0.15) is 10.5 Å². The number of fused-ring (bicyclic) bond motifs is 1. The summed E-state index contributed by atoms with van der Waals surface area (Å²) < 4.78 is 5.06. The molecule has 66 valence electrons. The number of aryl methyl sites for hydroxylation is 1. The highest BCUT2D eigenvalue weighted by Crippen LogP contribution is 2.29. The summed E-state index contributed by atoms with van der Waals surface area (Å²) in [5, 5.41) is 11.3. The van der Waals surface area contributed by atoms with Crippen LogP contribution < -0.4 is 0 Å². The van der Waals surface area contributed by atoms with Gasteiger partial charge in [-0.05, 0) is 13.0 Å². The number of para-hydroxylation sites is 1. The number of nitro groups is 1. The molecule has 0 saturated carbocycles. The second kappa shape index (κ2) is 2.58. The Balaban J connectivity index is 2.81. The van der Waals surface area contributed by atoms with Crippen LogP contribution in [0.25, 0.3) is 11.0 Å². The lowest BCUT2D eigenvalue weighted by molar-refractivity contribution is -0.402. The largest absolute Gasteiger partial charge is 0.437 e. The molecule has 0 amide bonds. The fourth-order valence-corrected chi connectivity index (χ4v) is 1.34. The van der Waals surface area contributed by atoms with Gasteiger partial charge >= 0.3 is 5.88 Å². The van der Waals surface area contributed by atoms with Crippen molar-refractivity contribution in [1.82, 2.24) is 0 Å². The maximum absolute atomic E-state index is 10.5. The zero-order valence-electron chi connectivity index (χ0n) is 6.98. The SMILES string of the molecule is Cc1c([N+](=O)[O-])oc2ccccc12. The molecule has 13 heavy (non-hydrogen) atoms. The molecular formula is C9H7NO3. The Bertz CT molecular complexity index is 473. The number of furan rings is 1. The van der Waals surface area contributed by atoms with Gasteiger partial charge in [-0.2, -0.15) is 0 Å². The van der Waals surface area contributed by atoms with Crippen LogP contribution in [0.5, 0.6) is 0 Å². The van der Waals surface area contributed by atoms with Gasteiger partial charge < -0.3 is 4.42 Å². The highest BCUT2D eigenvalue weighted by Gasteiger charge is 2.19. The summed E-state index contributed by atoms with van der Waals surface area (Å²) in [5.41, 5.74) is 1.15. The zero-order chi connectivity index (χ0) is 9.42. The molecular weight excluding hydrogens is 170 g/mol. The number of hydrogen-bond acceptors (Lipinski definition) is 3. The Hall–Kier alpha value is -1.84. The van der Waals surface area contributed by atoms with Crippen LogP contribution in [0.1, 0.15) is 5.56 Å². The molecule has 0 aliphatic heterocycles. The topological polar surface area (TPSA) is 56.3 Å². The molecule has 0 aliphatic carbocycles. The molecule has 0 aliphatic rings. The van der Waals surface area contributed by atoms with E-state index >= 15 is 0 Å². The van der Waals surface area contributed by atoms with E-state index in [-0.39, 0.29) is 5.88 Å². The van der Waals surface area contributed by atoms with E-state index in [1.54, 1.807) is 25.1 Å². The van der Waals surface area contributed by atoms with Crippen LogP contribution in [-0.4, -0.2) is 4.92 Å². The van der Waals surface area contributed by atoms with Crippen molar-refractivity contribution in [2.24, 2.45) is 0 Å². The summed E-state index contributed by atoms with van der Waals surface area (Å²) in [6.45, 7) is 1.68. The Morgan fingerprint density at radius 1 is 1.38 bits per heavy atom. The Morgan fingerprint density at radius 2 is 2.08 bits per heavy atom. The van der Waals surface area contributed by atoms with Crippen LogP contribution in [0.15, 0.2) is 28.7 Å². The molecule has 2 rings (SSSR count). The van der Waals surface area contributed by atoms with Crippen LogP contribution in [-0.2, 0) is 0 Å². The van der Waals surface area contributed by atoms with Gasteiger partial charge in [0.25, 0.3) is 0 Å². The molecule has 1 heterocycles. The number of rotatable bonds is 1. The number of nitrogens with zero attached hydrogens (tertiary/aromatic N) is 1. The van der Waals surface area contributed by atoms with Gasteiger partial charge in [0.15, 0.2) is 0 Å². The minimum Gasteiger partial charge on any atom is -0.400 e. The predicted octanol–water partition coefficient (Wildman–Crippen LogP) is 2.65. The Morgan fingerprint density at radius 3 is 2.69 bits per heavy atom. The molecule has 0 unspecified atom stereocenters. The molecule has 0 N–H and O–H groups in total. The summed E-state index contributed by atoms with van der Waals surface area (Å²) in [4.78, 5) is 10.00. The second-order valence-electron chi connectivity index (χ2n) is 2.79. The molecule has 4 nitrogen and oxygen atoms in total. The fourth-order valence-electron chi connectivity index (χ4n) is 1.34. The first-order valence-electron chi connectivity index (χ1n) is 3.82. The Labute approximate surface area is 73.9 Å². The maximum Gasteiger partial charge on any atom is 0.437 e. The first kappa shape index (κ1) is 7.79. The summed E-state index contributed by atoms with van der Waals surface area (Å²) in [6.07, 6.45) is 0. The third-order valence-corrected chi connectivity index (χ3v) is 1.98. The van der Waals surface area contributed by atoms with Crippen molar-refractivity contribution < 1.29 is 9.34 Å². The van der Waals surface area contributed by atoms with Crippen molar-refractivity contribution in [2.45, 2.75) is 6.92 Å². The Kier molecular flexibility index (Phi) is 1.55. The van der Waals surface area contributed by atoms with E-state index in [0.717, 1.165) is 5.39 Å². The van der Waals surface area contributed by atoms with Crippen LogP contribution in [0.3, 0.4) is 0 Å². The van der Waals surface area contributed by atoms with E-state index in [1.807, 2.05) is 6.07 Å². The average molecular weight is 177 g/mol. The first-order chi connectivity index (χ1) is 6.20. The summed E-state index contributed by atoms with van der Waals surface area (Å²) >= 11 is 0. The lowest BCUT2D eigenvalue weighted by atomic mass is 10.2. The summed E-state index contributed by atoms with van der Waals surface area (Å²) in [5.74, 6) is -0.166. The third kappa shape index (κ3) is 1.07. The lowest BCUT2D eigenvalue weighted by Gasteiger charge is -1.84. The predicted molar refractivity (Wildman–Crippen MR) is 47.6 cm³/mol. The van der Waals surface area contributed by atoms with Crippen molar-refractivity contribution in [3.05, 3.63) is 39.9 Å². The van der Waals surface area contributed by atoms with Crippen molar-refractivity contribution in [3.8, 4) is 0 Å². The van der Waals surface area contributed by atoms with Crippen LogP contribution in [0.4, 0.5) is 5.88 Å². The van der Waals surface area contributed by atoms with Gasteiger partial charge in [-0.3, -0.25) is 10.1 Å². The van der Waals surface area contributed by atoms with E-state index < -0.39 is 4.92 Å². The van der Waals surface area contributed by atoms with Crippen molar-refractivity contribution >= 4 is 16.9 Å². The summed E-state index contributed by atoms with van der Waals surface area (Å²) in [6, 6.07) is 7.14. The summed E-state index contributed by atoms with van der Waals surface area (Å²) in [7, 11) is 0. The molecule has 0 bridgehead atoms. The molecule has 1 aromatic carbocycles. The van der Waals surface area contributed by atoms with Gasteiger partial charge in [-0.25, -0.2) is 0 Å². The molecule has 0 fully saturated rings. The average Bonchev–Trinajstić information content (AvgIpc) is 2.45. The van der Waals surface area contributed by atoms with Gasteiger partial charge in [0.05, 0.1) is 5.56 Å². The molecule has 0 spiro atoms. The highest BCUT2D eigenvalue weighted by atomic mass is 16.6. The number of hydrogen-bond donors (Lipinski definition) is 0.